The Hall–Kier alpha value is 1.06. The molecule has 0 aromatic rings. The van der Waals surface area contributed by atoms with E-state index < -0.39 is 0 Å². The Balaban J connectivity index is -0.0000000200. The summed E-state index contributed by atoms with van der Waals surface area (Å²) >= 11 is 2.79. The van der Waals surface area contributed by atoms with E-state index in [-0.39, 0.29) is 34.4 Å². The van der Waals surface area contributed by atoms with Crippen molar-refractivity contribution in [3.63, 3.8) is 0 Å². The molecule has 0 fully saturated rings. The first-order valence-corrected chi connectivity index (χ1v) is 0.952. The van der Waals surface area contributed by atoms with Crippen molar-refractivity contribution in [1.82, 2.24) is 0 Å². The van der Waals surface area contributed by atoms with Crippen molar-refractivity contribution in [3.8, 4) is 4.97 Å². The largest absolute Gasteiger partial charge is 0 e. The van der Waals surface area contributed by atoms with Gasteiger partial charge in [0, 0.05) is 34.4 Å². The van der Waals surface area contributed by atoms with Gasteiger partial charge in [0.05, 0.1) is 0 Å². The molecule has 0 aromatic carbocycles. The maximum Gasteiger partial charge on any atom is 0 e. The molecule has 0 bridgehead atoms. The maximum absolute atomic E-state index is 7.21. The van der Waals surface area contributed by atoms with Crippen molar-refractivity contribution in [3.05, 3.63) is 0 Å². The predicted molar refractivity (Wildman–Crippen MR) is 5.61 cm³/mol. The van der Waals surface area contributed by atoms with Gasteiger partial charge in [-0.05, 0) is 0 Å². The molecule has 4 heteroatoms. The third-order valence-corrected chi connectivity index (χ3v) is 0. The molecule has 0 aromatic heterocycles. The zero-order chi connectivity index (χ0) is 2.71. The molecule has 31 valence electrons. The molecule has 0 atom stereocenters. The molecular weight excluding hydrogens is 190 g/mol. The van der Waals surface area contributed by atoms with Gasteiger partial charge >= 0.3 is 26.2 Å². The molecule has 0 aliphatic carbocycles. The Morgan fingerprint density at radius 3 is 1.60 bits per heavy atom. The van der Waals surface area contributed by atoms with E-state index in [1.807, 2.05) is 0 Å². The van der Waals surface area contributed by atoms with Crippen LogP contribution in [0.4, 0.5) is 0 Å². The summed E-state index contributed by atoms with van der Waals surface area (Å²) < 4.78 is 0. The second-order valence-corrected chi connectivity index (χ2v) is 0.326. The molecule has 0 radical (unpaired) electrons. The number of rotatable bonds is 0. The standard InChI is InChI=1S/CN.Cr.2Fe/c1-2;;;. The third kappa shape index (κ3) is 42.1. The van der Waals surface area contributed by atoms with Gasteiger partial charge in [-0.3, -0.25) is 0 Å². The third-order valence-electron chi connectivity index (χ3n) is 0. The van der Waals surface area contributed by atoms with E-state index in [1.54, 1.807) is 0 Å². The Kier molecular flexibility index (Phi) is 65.1. The predicted octanol–water partition coefficient (Wildman–Crippen LogP) is 0.00928. The summed E-state index contributed by atoms with van der Waals surface area (Å²) in [5.41, 5.74) is 0. The minimum Gasteiger partial charge on any atom is 0 e. The fraction of sp³-hybridized carbons (Fsp3) is 0. The zero-order valence-electron chi connectivity index (χ0n) is 2.06. The molecule has 0 aliphatic rings. The van der Waals surface area contributed by atoms with Gasteiger partial charge in [0.1, 0.15) is 0 Å². The Morgan fingerprint density at radius 2 is 1.60 bits per heavy atom. The van der Waals surface area contributed by atoms with Crippen molar-refractivity contribution < 1.29 is 50.4 Å². The van der Waals surface area contributed by atoms with Crippen molar-refractivity contribution >= 4 is 0 Å². The van der Waals surface area contributed by atoms with Crippen molar-refractivity contribution in [2.75, 3.05) is 0 Å². The van der Waals surface area contributed by atoms with Crippen molar-refractivity contribution in [1.29, 1.82) is 5.26 Å². The summed E-state index contributed by atoms with van der Waals surface area (Å²) in [5, 5.41) is 7.21. The molecule has 0 rings (SSSR count). The molecule has 0 heterocycles. The van der Waals surface area contributed by atoms with E-state index in [0.717, 1.165) is 0 Å². The Morgan fingerprint density at radius 1 is 1.60 bits per heavy atom. The van der Waals surface area contributed by atoms with Crippen LogP contribution in [-0.2, 0) is 50.4 Å². The van der Waals surface area contributed by atoms with Crippen molar-refractivity contribution in [2.24, 2.45) is 0 Å². The SMILES string of the molecule is N#[C][Fe].[Cr].[Fe]. The first-order valence-electron chi connectivity index (χ1n) is 0.400. The van der Waals surface area contributed by atoms with Crippen LogP contribution in [-0.4, -0.2) is 0 Å². The number of hydrogen-bond acceptors (Lipinski definition) is 1. The van der Waals surface area contributed by atoms with Gasteiger partial charge in [-0.15, -0.1) is 0 Å². The van der Waals surface area contributed by atoms with E-state index in [2.05, 4.69) is 16.0 Å². The smallest absolute Gasteiger partial charge is 0 e. The zero-order valence-corrected chi connectivity index (χ0v) is 5.55. The second kappa shape index (κ2) is 19.6. The fourth-order valence-electron chi connectivity index (χ4n) is 0. The minimum absolute atomic E-state index is 0. The van der Waals surface area contributed by atoms with Crippen LogP contribution in [0.15, 0.2) is 0 Å². The first kappa shape index (κ1) is 16.6. The van der Waals surface area contributed by atoms with Gasteiger partial charge < -0.3 is 0 Å². The van der Waals surface area contributed by atoms with Crippen LogP contribution in [0.3, 0.4) is 0 Å². The number of hydrogen-bond donors (Lipinski definition) is 0. The molecule has 5 heavy (non-hydrogen) atoms. The Labute approximate surface area is 60.5 Å². The molecular formula is CCrFe2N. The topological polar surface area (TPSA) is 23.8 Å². The molecule has 1 nitrogen and oxygen atoms in total. The van der Waals surface area contributed by atoms with Crippen LogP contribution in [0.2, 0.25) is 0 Å². The average Bonchev–Trinajstić information content (AvgIpc) is 0.918. The van der Waals surface area contributed by atoms with E-state index >= 15 is 0 Å². The van der Waals surface area contributed by atoms with Gasteiger partial charge in [0.25, 0.3) is 0 Å². The van der Waals surface area contributed by atoms with Crippen molar-refractivity contribution in [2.45, 2.75) is 0 Å². The normalized spacial score (nSPS) is 1.60. The molecule has 0 amide bonds. The van der Waals surface area contributed by atoms with E-state index in [1.165, 1.54) is 4.97 Å². The van der Waals surface area contributed by atoms with Gasteiger partial charge in [-0.1, -0.05) is 0 Å². The summed E-state index contributed by atoms with van der Waals surface area (Å²) in [7, 11) is 0. The summed E-state index contributed by atoms with van der Waals surface area (Å²) in [6.45, 7) is 0. The van der Waals surface area contributed by atoms with Crippen LogP contribution >= 0.6 is 0 Å². The monoisotopic (exact) mass is 190 g/mol. The summed E-state index contributed by atoms with van der Waals surface area (Å²) in [6.07, 6.45) is 0. The molecule has 0 N–H and O–H groups in total. The van der Waals surface area contributed by atoms with Gasteiger partial charge in [0.2, 0.25) is 0 Å². The minimum atomic E-state index is 0. The maximum atomic E-state index is 7.21. The molecule has 0 spiro atoms. The molecule has 0 saturated heterocycles. The first-order chi connectivity index (χ1) is 1.41. The van der Waals surface area contributed by atoms with Gasteiger partial charge in [0.15, 0.2) is 0 Å². The molecule has 0 saturated carbocycles. The fourth-order valence-corrected chi connectivity index (χ4v) is 0. The van der Waals surface area contributed by atoms with Gasteiger partial charge in [-0.25, -0.2) is 0 Å². The van der Waals surface area contributed by atoms with Gasteiger partial charge in [-0.2, -0.15) is 0 Å². The number of nitriles is 1. The van der Waals surface area contributed by atoms with Crippen LogP contribution in [0.5, 0.6) is 0 Å². The van der Waals surface area contributed by atoms with E-state index in [0.29, 0.717) is 0 Å². The van der Waals surface area contributed by atoms with Crippen LogP contribution in [0, 0.1) is 10.2 Å². The summed E-state index contributed by atoms with van der Waals surface area (Å²) in [6, 6.07) is 0. The Bertz CT molecular complexity index is 31.1. The average molecular weight is 190 g/mol. The van der Waals surface area contributed by atoms with Crippen LogP contribution in [0.1, 0.15) is 0 Å². The van der Waals surface area contributed by atoms with E-state index in [4.69, 9.17) is 5.26 Å². The molecule has 0 aliphatic heterocycles. The molecule has 0 unspecified atom stereocenters. The summed E-state index contributed by atoms with van der Waals surface area (Å²) in [4.78, 5) is 1.50. The quantitative estimate of drug-likeness (QED) is 0.493. The van der Waals surface area contributed by atoms with Crippen LogP contribution < -0.4 is 0 Å². The van der Waals surface area contributed by atoms with Crippen LogP contribution in [0.25, 0.3) is 0 Å². The number of nitrogens with zero attached hydrogens (tertiary/aromatic N) is 1. The van der Waals surface area contributed by atoms with E-state index in [9.17, 15) is 0 Å². The second-order valence-electron chi connectivity index (χ2n) is 0.0791. The summed E-state index contributed by atoms with van der Waals surface area (Å²) in [5.74, 6) is 0.